The third-order valence-electron chi connectivity index (χ3n) is 2.89. The van der Waals surface area contributed by atoms with Gasteiger partial charge in [0.1, 0.15) is 0 Å². The molecule has 4 nitrogen and oxygen atoms in total. The number of carbonyl (C=O) groups is 1. The predicted octanol–water partition coefficient (Wildman–Crippen LogP) is 3.08. The molecular weight excluding hydrogens is 258 g/mol. The molecule has 100 valence electrons. The van der Waals surface area contributed by atoms with Crippen molar-refractivity contribution >= 4 is 28.1 Å². The quantitative estimate of drug-likeness (QED) is 0.936. The highest BCUT2D eigenvalue weighted by Crippen LogP contribution is 2.22. The molecule has 0 bridgehead atoms. The molecule has 1 aromatic carbocycles. The molecular formula is C14H17N3OS. The van der Waals surface area contributed by atoms with Gasteiger partial charge in [0.2, 0.25) is 0 Å². The number of benzene rings is 1. The molecule has 2 rings (SSSR count). The highest BCUT2D eigenvalue weighted by molar-refractivity contribution is 7.15. The summed E-state index contributed by atoms with van der Waals surface area (Å²) in [5.74, 6) is -0.126. The van der Waals surface area contributed by atoms with Crippen molar-refractivity contribution in [2.45, 2.75) is 13.8 Å². The highest BCUT2D eigenvalue weighted by atomic mass is 32.1. The zero-order valence-electron chi connectivity index (χ0n) is 11.5. The van der Waals surface area contributed by atoms with Crippen LogP contribution in [0, 0.1) is 13.8 Å². The minimum atomic E-state index is -0.126. The van der Waals surface area contributed by atoms with Gasteiger partial charge in [0.25, 0.3) is 5.91 Å². The van der Waals surface area contributed by atoms with Gasteiger partial charge in [0, 0.05) is 30.2 Å². The zero-order chi connectivity index (χ0) is 14.0. The summed E-state index contributed by atoms with van der Waals surface area (Å²) in [4.78, 5) is 19.5. The number of hydrogen-bond donors (Lipinski definition) is 1. The van der Waals surface area contributed by atoms with Gasteiger partial charge in [-0.05, 0) is 38.1 Å². The monoisotopic (exact) mass is 275 g/mol. The Morgan fingerprint density at radius 1 is 1.21 bits per heavy atom. The first-order valence-electron chi connectivity index (χ1n) is 6.00. The summed E-state index contributed by atoms with van der Waals surface area (Å²) < 4.78 is 0. The number of carbonyl (C=O) groups excluding carboxylic acids is 1. The molecule has 0 spiro atoms. The molecule has 0 saturated heterocycles. The summed E-state index contributed by atoms with van der Waals surface area (Å²) in [6, 6.07) is 7.48. The van der Waals surface area contributed by atoms with E-state index >= 15 is 0 Å². The van der Waals surface area contributed by atoms with Gasteiger partial charge in [-0.1, -0.05) is 0 Å². The van der Waals surface area contributed by atoms with Crippen molar-refractivity contribution in [2.75, 3.05) is 24.3 Å². The van der Waals surface area contributed by atoms with Gasteiger partial charge in [-0.25, -0.2) is 4.98 Å². The third kappa shape index (κ3) is 3.12. The molecule has 1 N–H and O–H groups in total. The van der Waals surface area contributed by atoms with Gasteiger partial charge in [-0.2, -0.15) is 0 Å². The molecule has 0 fully saturated rings. The second-order valence-corrected chi connectivity index (χ2v) is 5.76. The van der Waals surface area contributed by atoms with Crippen LogP contribution >= 0.6 is 11.3 Å². The number of rotatable bonds is 3. The molecule has 0 aliphatic heterocycles. The van der Waals surface area contributed by atoms with Gasteiger partial charge in [0.15, 0.2) is 5.13 Å². The zero-order valence-corrected chi connectivity index (χ0v) is 12.3. The van der Waals surface area contributed by atoms with Crippen LogP contribution in [0.3, 0.4) is 0 Å². The SMILES string of the molecule is Cc1nc(NC(=O)c2ccc(N(C)C)cc2)sc1C. The summed E-state index contributed by atoms with van der Waals surface area (Å²) in [5, 5.41) is 3.47. The molecule has 1 amide bonds. The highest BCUT2D eigenvalue weighted by Gasteiger charge is 2.10. The van der Waals surface area contributed by atoms with Crippen molar-refractivity contribution in [2.24, 2.45) is 0 Å². The summed E-state index contributed by atoms with van der Waals surface area (Å²) in [5.41, 5.74) is 2.66. The molecule has 0 atom stereocenters. The molecule has 0 unspecified atom stereocenters. The van der Waals surface area contributed by atoms with Crippen molar-refractivity contribution in [1.82, 2.24) is 4.98 Å². The van der Waals surface area contributed by atoms with Crippen molar-refractivity contribution in [3.8, 4) is 0 Å². The number of amides is 1. The summed E-state index contributed by atoms with van der Waals surface area (Å²) in [7, 11) is 3.94. The predicted molar refractivity (Wildman–Crippen MR) is 80.3 cm³/mol. The number of hydrogen-bond acceptors (Lipinski definition) is 4. The average molecular weight is 275 g/mol. The second kappa shape index (κ2) is 5.40. The van der Waals surface area contributed by atoms with E-state index in [0.717, 1.165) is 16.3 Å². The first kappa shape index (κ1) is 13.5. The van der Waals surface area contributed by atoms with Gasteiger partial charge < -0.3 is 4.90 Å². The summed E-state index contributed by atoms with van der Waals surface area (Å²) >= 11 is 1.49. The van der Waals surface area contributed by atoms with Gasteiger partial charge in [0.05, 0.1) is 5.69 Å². The Bertz CT molecular complexity index is 568. The van der Waals surface area contributed by atoms with E-state index in [4.69, 9.17) is 0 Å². The maximum atomic E-state index is 12.1. The average Bonchev–Trinajstić information content (AvgIpc) is 2.68. The van der Waals surface area contributed by atoms with Gasteiger partial charge in [-0.3, -0.25) is 10.1 Å². The lowest BCUT2D eigenvalue weighted by Crippen LogP contribution is -2.13. The van der Waals surface area contributed by atoms with Crippen LogP contribution in [0.4, 0.5) is 10.8 Å². The maximum absolute atomic E-state index is 12.1. The number of aryl methyl sites for hydroxylation is 2. The van der Waals surface area contributed by atoms with Crippen LogP contribution in [-0.4, -0.2) is 25.0 Å². The van der Waals surface area contributed by atoms with Crippen molar-refractivity contribution in [3.63, 3.8) is 0 Å². The molecule has 2 aromatic rings. The van der Waals surface area contributed by atoms with Crippen LogP contribution in [0.5, 0.6) is 0 Å². The minimum absolute atomic E-state index is 0.126. The summed E-state index contributed by atoms with van der Waals surface area (Å²) in [6.45, 7) is 3.93. The lowest BCUT2D eigenvalue weighted by atomic mass is 10.2. The number of aromatic nitrogens is 1. The number of nitrogens with zero attached hydrogens (tertiary/aromatic N) is 2. The molecule has 0 saturated carbocycles. The standard InChI is InChI=1S/C14H17N3OS/c1-9-10(2)19-14(15-9)16-13(18)11-5-7-12(8-6-11)17(3)4/h5-8H,1-4H3,(H,15,16,18). The van der Waals surface area contributed by atoms with E-state index in [2.05, 4.69) is 10.3 Å². The van der Waals surface area contributed by atoms with Crippen LogP contribution in [0.1, 0.15) is 20.9 Å². The van der Waals surface area contributed by atoms with E-state index in [0.29, 0.717) is 10.7 Å². The van der Waals surface area contributed by atoms with E-state index in [1.54, 1.807) is 0 Å². The molecule has 0 radical (unpaired) electrons. The fourth-order valence-corrected chi connectivity index (χ4v) is 2.42. The number of nitrogens with one attached hydrogen (secondary N) is 1. The Hall–Kier alpha value is -1.88. The Balaban J connectivity index is 2.11. The van der Waals surface area contributed by atoms with Crippen LogP contribution < -0.4 is 10.2 Å². The van der Waals surface area contributed by atoms with Gasteiger partial charge in [-0.15, -0.1) is 11.3 Å². The molecule has 1 aromatic heterocycles. The normalized spacial score (nSPS) is 10.3. The number of anilines is 2. The second-order valence-electron chi connectivity index (χ2n) is 4.56. The molecule has 0 aliphatic carbocycles. The van der Waals surface area contributed by atoms with Crippen LogP contribution in [-0.2, 0) is 0 Å². The van der Waals surface area contributed by atoms with E-state index in [1.165, 1.54) is 11.3 Å². The summed E-state index contributed by atoms with van der Waals surface area (Å²) in [6.07, 6.45) is 0. The minimum Gasteiger partial charge on any atom is -0.378 e. The lowest BCUT2D eigenvalue weighted by molar-refractivity contribution is 0.102. The van der Waals surface area contributed by atoms with Crippen LogP contribution in [0.15, 0.2) is 24.3 Å². The van der Waals surface area contributed by atoms with E-state index in [9.17, 15) is 4.79 Å². The largest absolute Gasteiger partial charge is 0.378 e. The lowest BCUT2D eigenvalue weighted by Gasteiger charge is -2.12. The fraction of sp³-hybridized carbons (Fsp3) is 0.286. The Morgan fingerprint density at radius 2 is 1.84 bits per heavy atom. The van der Waals surface area contributed by atoms with E-state index in [-0.39, 0.29) is 5.91 Å². The van der Waals surface area contributed by atoms with Gasteiger partial charge >= 0.3 is 0 Å². The first-order chi connectivity index (χ1) is 8.97. The Kier molecular flexibility index (Phi) is 3.85. The molecule has 5 heteroatoms. The Morgan fingerprint density at radius 3 is 2.32 bits per heavy atom. The number of thiazole rings is 1. The van der Waals surface area contributed by atoms with E-state index in [1.807, 2.05) is 57.1 Å². The van der Waals surface area contributed by atoms with Crippen LogP contribution in [0.25, 0.3) is 0 Å². The van der Waals surface area contributed by atoms with Crippen molar-refractivity contribution in [3.05, 3.63) is 40.4 Å². The molecule has 1 heterocycles. The van der Waals surface area contributed by atoms with Crippen molar-refractivity contribution in [1.29, 1.82) is 0 Å². The third-order valence-corrected chi connectivity index (χ3v) is 3.88. The fourth-order valence-electron chi connectivity index (χ4n) is 1.61. The maximum Gasteiger partial charge on any atom is 0.257 e. The van der Waals surface area contributed by atoms with E-state index < -0.39 is 0 Å². The van der Waals surface area contributed by atoms with Crippen molar-refractivity contribution < 1.29 is 4.79 Å². The molecule has 0 aliphatic rings. The topological polar surface area (TPSA) is 45.2 Å². The smallest absolute Gasteiger partial charge is 0.257 e. The Labute approximate surface area is 117 Å². The first-order valence-corrected chi connectivity index (χ1v) is 6.82. The van der Waals surface area contributed by atoms with Crippen LogP contribution in [0.2, 0.25) is 0 Å². The molecule has 19 heavy (non-hydrogen) atoms.